The maximum absolute atomic E-state index is 13.1. The Morgan fingerprint density at radius 1 is 1.03 bits per heavy atom. The number of amides is 2. The third-order valence-corrected chi connectivity index (χ3v) is 5.76. The monoisotopic (exact) mass is 473 g/mol. The highest BCUT2D eigenvalue weighted by atomic mass is 35.5. The Bertz CT molecular complexity index is 1350. The number of benzene rings is 3. The number of nitrogens with one attached hydrogen (secondary N) is 3. The highest BCUT2D eigenvalue weighted by Gasteiger charge is 2.16. The van der Waals surface area contributed by atoms with E-state index in [1.165, 1.54) is 0 Å². The lowest BCUT2D eigenvalue weighted by molar-refractivity contribution is -0.117. The molecule has 0 fully saturated rings. The number of fused-ring (bicyclic) bond motifs is 1. The number of aromatic amines is 1. The standard InChI is InChI=1S/C27H24ClN3O3/c1-34-21-11-12-24-22(16-21)20(17-30-24)15-25(31-26(32)19-8-3-2-4-9-19)27(33)29-14-13-18-7-5-6-10-23(18)28/h2-12,15-17,30H,13-14H2,1H3,(H,29,33)(H,31,32). The Hall–Kier alpha value is -4.03. The molecule has 2 amide bonds. The van der Waals surface area contributed by atoms with Crippen LogP contribution in [0.5, 0.6) is 5.75 Å². The predicted molar refractivity (Wildman–Crippen MR) is 135 cm³/mol. The minimum atomic E-state index is -0.395. The summed E-state index contributed by atoms with van der Waals surface area (Å²) in [6.07, 6.45) is 4.01. The van der Waals surface area contributed by atoms with Gasteiger partial charge in [0, 0.05) is 39.8 Å². The van der Waals surface area contributed by atoms with Gasteiger partial charge in [-0.15, -0.1) is 0 Å². The van der Waals surface area contributed by atoms with E-state index in [1.807, 2.05) is 48.5 Å². The average Bonchev–Trinajstić information content (AvgIpc) is 3.27. The van der Waals surface area contributed by atoms with Crippen LogP contribution >= 0.6 is 11.6 Å². The molecule has 1 heterocycles. The van der Waals surface area contributed by atoms with Crippen LogP contribution in [0.1, 0.15) is 21.5 Å². The molecule has 1 aromatic heterocycles. The lowest BCUT2D eigenvalue weighted by Gasteiger charge is -2.12. The molecule has 4 rings (SSSR count). The summed E-state index contributed by atoms with van der Waals surface area (Å²) in [7, 11) is 1.60. The van der Waals surface area contributed by atoms with Crippen LogP contribution < -0.4 is 15.4 Å². The summed E-state index contributed by atoms with van der Waals surface area (Å²) in [6.45, 7) is 0.364. The lowest BCUT2D eigenvalue weighted by atomic mass is 10.1. The van der Waals surface area contributed by atoms with E-state index in [9.17, 15) is 9.59 Å². The number of hydrogen-bond donors (Lipinski definition) is 3. The number of methoxy groups -OCH3 is 1. The molecular formula is C27H24ClN3O3. The van der Waals surface area contributed by atoms with Crippen molar-refractivity contribution in [2.45, 2.75) is 6.42 Å². The van der Waals surface area contributed by atoms with Crippen molar-refractivity contribution in [3.63, 3.8) is 0 Å². The largest absolute Gasteiger partial charge is 0.497 e. The molecule has 172 valence electrons. The second-order valence-electron chi connectivity index (χ2n) is 7.63. The van der Waals surface area contributed by atoms with Crippen molar-refractivity contribution in [1.82, 2.24) is 15.6 Å². The van der Waals surface area contributed by atoms with E-state index in [1.54, 1.807) is 43.6 Å². The minimum absolute atomic E-state index is 0.136. The van der Waals surface area contributed by atoms with Crippen LogP contribution in [0.4, 0.5) is 0 Å². The van der Waals surface area contributed by atoms with Gasteiger partial charge < -0.3 is 20.4 Å². The molecule has 0 spiro atoms. The molecule has 4 aromatic rings. The van der Waals surface area contributed by atoms with Gasteiger partial charge in [-0.25, -0.2) is 0 Å². The fourth-order valence-electron chi connectivity index (χ4n) is 3.57. The van der Waals surface area contributed by atoms with Crippen molar-refractivity contribution >= 4 is 40.4 Å². The van der Waals surface area contributed by atoms with Crippen LogP contribution in [0.15, 0.2) is 84.7 Å². The summed E-state index contributed by atoms with van der Waals surface area (Å²) in [5.41, 5.74) is 3.17. The van der Waals surface area contributed by atoms with Crippen molar-refractivity contribution in [3.8, 4) is 5.75 Å². The smallest absolute Gasteiger partial charge is 0.267 e. The fourth-order valence-corrected chi connectivity index (χ4v) is 3.80. The van der Waals surface area contributed by atoms with Gasteiger partial charge in [-0.1, -0.05) is 48.0 Å². The van der Waals surface area contributed by atoms with Crippen LogP contribution in [0.3, 0.4) is 0 Å². The van der Waals surface area contributed by atoms with Crippen molar-refractivity contribution < 1.29 is 14.3 Å². The normalized spacial score (nSPS) is 11.3. The number of ether oxygens (including phenoxy) is 1. The quantitative estimate of drug-likeness (QED) is 0.316. The molecule has 0 aliphatic carbocycles. The molecule has 0 atom stereocenters. The molecule has 0 bridgehead atoms. The Labute approximate surface area is 202 Å². The lowest BCUT2D eigenvalue weighted by Crippen LogP contribution is -2.35. The Morgan fingerprint density at radius 3 is 2.56 bits per heavy atom. The van der Waals surface area contributed by atoms with E-state index in [4.69, 9.17) is 16.3 Å². The van der Waals surface area contributed by atoms with E-state index >= 15 is 0 Å². The number of rotatable bonds is 8. The van der Waals surface area contributed by atoms with E-state index in [0.29, 0.717) is 29.3 Å². The van der Waals surface area contributed by atoms with Gasteiger partial charge >= 0.3 is 0 Å². The number of carbonyl (C=O) groups excluding carboxylic acids is 2. The van der Waals surface area contributed by atoms with Crippen LogP contribution in [0.25, 0.3) is 17.0 Å². The van der Waals surface area contributed by atoms with Crippen LogP contribution in [-0.4, -0.2) is 30.5 Å². The summed E-state index contributed by atoms with van der Waals surface area (Å²) >= 11 is 6.22. The van der Waals surface area contributed by atoms with Crippen molar-refractivity contribution in [2.24, 2.45) is 0 Å². The number of aromatic nitrogens is 1. The second kappa shape index (κ2) is 10.7. The molecule has 3 N–H and O–H groups in total. The molecule has 34 heavy (non-hydrogen) atoms. The first-order valence-corrected chi connectivity index (χ1v) is 11.2. The van der Waals surface area contributed by atoms with Gasteiger partial charge in [-0.05, 0) is 54.5 Å². The molecule has 0 unspecified atom stereocenters. The van der Waals surface area contributed by atoms with Gasteiger partial charge in [0.2, 0.25) is 0 Å². The number of carbonyl (C=O) groups is 2. The molecule has 0 saturated carbocycles. The molecule has 3 aromatic carbocycles. The third-order valence-electron chi connectivity index (χ3n) is 5.39. The van der Waals surface area contributed by atoms with Crippen molar-refractivity contribution in [1.29, 1.82) is 0 Å². The number of hydrogen-bond acceptors (Lipinski definition) is 3. The summed E-state index contributed by atoms with van der Waals surface area (Å²) in [5.74, 6) is -0.0695. The molecule has 0 radical (unpaired) electrons. The van der Waals surface area contributed by atoms with Gasteiger partial charge in [0.1, 0.15) is 11.4 Å². The highest BCUT2D eigenvalue weighted by molar-refractivity contribution is 6.31. The number of halogens is 1. The van der Waals surface area contributed by atoms with Gasteiger partial charge in [-0.2, -0.15) is 0 Å². The maximum Gasteiger partial charge on any atom is 0.267 e. The first-order valence-electron chi connectivity index (χ1n) is 10.8. The first-order chi connectivity index (χ1) is 16.5. The zero-order chi connectivity index (χ0) is 23.9. The predicted octanol–water partition coefficient (Wildman–Crippen LogP) is 4.96. The summed E-state index contributed by atoms with van der Waals surface area (Å²) < 4.78 is 5.33. The van der Waals surface area contributed by atoms with E-state index in [2.05, 4.69) is 15.6 Å². The Morgan fingerprint density at radius 2 is 1.79 bits per heavy atom. The second-order valence-corrected chi connectivity index (χ2v) is 8.04. The molecule has 7 heteroatoms. The zero-order valence-corrected chi connectivity index (χ0v) is 19.4. The van der Waals surface area contributed by atoms with Crippen molar-refractivity contribution in [2.75, 3.05) is 13.7 Å². The molecule has 0 aliphatic heterocycles. The Balaban J connectivity index is 1.59. The molecule has 0 aliphatic rings. The molecule has 6 nitrogen and oxygen atoms in total. The third kappa shape index (κ3) is 5.47. The number of H-pyrrole nitrogens is 1. The first kappa shape index (κ1) is 23.1. The van der Waals surface area contributed by atoms with Crippen LogP contribution in [-0.2, 0) is 11.2 Å². The average molecular weight is 474 g/mol. The van der Waals surface area contributed by atoms with Gasteiger partial charge in [0.15, 0.2) is 0 Å². The minimum Gasteiger partial charge on any atom is -0.497 e. The van der Waals surface area contributed by atoms with Crippen molar-refractivity contribution in [3.05, 3.63) is 106 Å². The van der Waals surface area contributed by atoms with Gasteiger partial charge in [0.05, 0.1) is 7.11 Å². The van der Waals surface area contributed by atoms with Crippen LogP contribution in [0, 0.1) is 0 Å². The van der Waals surface area contributed by atoms with Crippen LogP contribution in [0.2, 0.25) is 5.02 Å². The zero-order valence-electron chi connectivity index (χ0n) is 18.6. The van der Waals surface area contributed by atoms with Gasteiger partial charge in [-0.3, -0.25) is 9.59 Å². The maximum atomic E-state index is 13.1. The summed E-state index contributed by atoms with van der Waals surface area (Å²) in [6, 6.07) is 21.9. The summed E-state index contributed by atoms with van der Waals surface area (Å²) in [5, 5.41) is 7.17. The molecular weight excluding hydrogens is 450 g/mol. The fraction of sp³-hybridized carbons (Fsp3) is 0.111. The van der Waals surface area contributed by atoms with Gasteiger partial charge in [0.25, 0.3) is 11.8 Å². The Kier molecular flexibility index (Phi) is 7.30. The van der Waals surface area contributed by atoms with E-state index < -0.39 is 5.91 Å². The molecule has 0 saturated heterocycles. The highest BCUT2D eigenvalue weighted by Crippen LogP contribution is 2.25. The SMILES string of the molecule is COc1ccc2[nH]cc(C=C(NC(=O)c3ccccc3)C(=O)NCCc3ccccc3Cl)c2c1. The van der Waals surface area contributed by atoms with E-state index in [0.717, 1.165) is 22.0 Å². The summed E-state index contributed by atoms with van der Waals surface area (Å²) in [4.78, 5) is 29.1. The topological polar surface area (TPSA) is 83.2 Å². The van der Waals surface area contributed by atoms with E-state index in [-0.39, 0.29) is 11.6 Å².